The maximum absolute atomic E-state index is 12.5. The summed E-state index contributed by atoms with van der Waals surface area (Å²) in [6.45, 7) is 3.93. The summed E-state index contributed by atoms with van der Waals surface area (Å²) in [5, 5.41) is 0. The van der Waals surface area contributed by atoms with Crippen LogP contribution in [0.25, 0.3) is 0 Å². The summed E-state index contributed by atoms with van der Waals surface area (Å²) >= 11 is 0. The number of likely N-dealkylation sites (tertiary alicyclic amines) is 1. The minimum Gasteiger partial charge on any atom is -0.493 e. The molecule has 1 atom stereocenters. The molecule has 0 aromatic heterocycles. The lowest BCUT2D eigenvalue weighted by molar-refractivity contribution is -0.137. The van der Waals surface area contributed by atoms with Gasteiger partial charge in [0.05, 0.1) is 14.2 Å². The number of ether oxygens (including phenoxy) is 2. The van der Waals surface area contributed by atoms with Gasteiger partial charge in [-0.2, -0.15) is 0 Å². The molecular weight excluding hydrogens is 302 g/mol. The molecule has 1 unspecified atom stereocenters. The first kappa shape index (κ1) is 17.1. The van der Waals surface area contributed by atoms with E-state index < -0.39 is 0 Å². The zero-order valence-electron chi connectivity index (χ0n) is 15.1. The molecule has 1 aliphatic carbocycles. The maximum atomic E-state index is 12.5. The topological polar surface area (TPSA) is 38.8 Å². The quantitative estimate of drug-likeness (QED) is 0.800. The summed E-state index contributed by atoms with van der Waals surface area (Å²) in [4.78, 5) is 14.6. The molecule has 1 saturated heterocycles. The summed E-state index contributed by atoms with van der Waals surface area (Å²) in [6.07, 6.45) is 5.71. The summed E-state index contributed by atoms with van der Waals surface area (Å²) in [5.41, 5.74) is 1.28. The summed E-state index contributed by atoms with van der Waals surface area (Å²) in [6, 6.07) is 6.17. The Morgan fingerprint density at radius 3 is 2.38 bits per heavy atom. The molecule has 1 saturated carbocycles. The Morgan fingerprint density at radius 2 is 1.79 bits per heavy atom. The molecule has 4 nitrogen and oxygen atoms in total. The highest BCUT2D eigenvalue weighted by Gasteiger charge is 2.35. The fraction of sp³-hybridized carbons (Fsp3) is 0.650. The van der Waals surface area contributed by atoms with Crippen LogP contribution < -0.4 is 9.47 Å². The highest BCUT2D eigenvalue weighted by atomic mass is 16.5. The van der Waals surface area contributed by atoms with Crippen molar-refractivity contribution >= 4 is 5.91 Å². The minimum atomic E-state index is 0.229. The van der Waals surface area contributed by atoms with Gasteiger partial charge in [0.25, 0.3) is 0 Å². The Balaban J connectivity index is 1.52. The fourth-order valence-electron chi connectivity index (χ4n) is 3.78. The van der Waals surface area contributed by atoms with Crippen molar-refractivity contribution in [3.8, 4) is 11.5 Å². The second-order valence-corrected chi connectivity index (χ2v) is 7.29. The van der Waals surface area contributed by atoms with Crippen LogP contribution in [0.15, 0.2) is 18.2 Å². The number of methoxy groups -OCH3 is 2. The van der Waals surface area contributed by atoms with Crippen LogP contribution in [0.3, 0.4) is 0 Å². The molecule has 132 valence electrons. The van der Waals surface area contributed by atoms with Crippen molar-refractivity contribution in [1.29, 1.82) is 0 Å². The number of nitrogens with zero attached hydrogens (tertiary/aromatic N) is 1. The first-order valence-corrected chi connectivity index (χ1v) is 9.12. The molecule has 2 fully saturated rings. The Kier molecular flexibility index (Phi) is 5.32. The average molecular weight is 331 g/mol. The third kappa shape index (κ3) is 3.85. The van der Waals surface area contributed by atoms with Gasteiger partial charge in [-0.1, -0.05) is 13.0 Å². The van der Waals surface area contributed by atoms with Crippen molar-refractivity contribution in [2.75, 3.05) is 27.3 Å². The molecule has 24 heavy (non-hydrogen) atoms. The maximum Gasteiger partial charge on any atom is 0.225 e. The van der Waals surface area contributed by atoms with E-state index in [4.69, 9.17) is 9.47 Å². The van der Waals surface area contributed by atoms with Gasteiger partial charge in [0.2, 0.25) is 5.91 Å². The van der Waals surface area contributed by atoms with E-state index in [0.29, 0.717) is 17.7 Å². The van der Waals surface area contributed by atoms with Crippen LogP contribution in [0.4, 0.5) is 0 Å². The molecule has 0 radical (unpaired) electrons. The van der Waals surface area contributed by atoms with Crippen LogP contribution in [0, 0.1) is 17.8 Å². The molecule has 1 amide bonds. The highest BCUT2D eigenvalue weighted by Crippen LogP contribution is 2.38. The Hall–Kier alpha value is -1.71. The molecule has 0 spiro atoms. The van der Waals surface area contributed by atoms with Crippen molar-refractivity contribution < 1.29 is 14.3 Å². The molecule has 2 aliphatic rings. The van der Waals surface area contributed by atoms with Gasteiger partial charge in [0, 0.05) is 19.0 Å². The van der Waals surface area contributed by atoms with Gasteiger partial charge in [-0.05, 0) is 61.6 Å². The van der Waals surface area contributed by atoms with Crippen molar-refractivity contribution in [1.82, 2.24) is 4.90 Å². The van der Waals surface area contributed by atoms with E-state index in [1.54, 1.807) is 14.2 Å². The van der Waals surface area contributed by atoms with E-state index in [1.165, 1.54) is 18.4 Å². The standard InChI is InChI=1S/C20H29NO3/c1-14(17-5-6-17)20(22)21-10-8-15(9-11-21)12-16-4-7-18(23-2)19(13-16)24-3/h4,7,13-15,17H,5-6,8-12H2,1-3H3. The van der Waals surface area contributed by atoms with Crippen LogP contribution >= 0.6 is 0 Å². The molecule has 1 heterocycles. The highest BCUT2D eigenvalue weighted by molar-refractivity contribution is 5.79. The van der Waals surface area contributed by atoms with E-state index in [9.17, 15) is 4.79 Å². The van der Waals surface area contributed by atoms with Gasteiger partial charge >= 0.3 is 0 Å². The summed E-state index contributed by atoms with van der Waals surface area (Å²) in [7, 11) is 3.33. The predicted octanol–water partition coefficient (Wildman–Crippen LogP) is 3.53. The van der Waals surface area contributed by atoms with Crippen LogP contribution in [0.5, 0.6) is 11.5 Å². The molecule has 0 bridgehead atoms. The molecule has 3 rings (SSSR count). The van der Waals surface area contributed by atoms with Crippen LogP contribution in [-0.2, 0) is 11.2 Å². The smallest absolute Gasteiger partial charge is 0.225 e. The van der Waals surface area contributed by atoms with E-state index in [1.807, 2.05) is 6.07 Å². The van der Waals surface area contributed by atoms with Crippen LogP contribution in [0.1, 0.15) is 38.2 Å². The Morgan fingerprint density at radius 1 is 1.12 bits per heavy atom. The Bertz CT molecular complexity index is 574. The summed E-state index contributed by atoms with van der Waals surface area (Å²) in [5.74, 6) is 3.47. The number of amides is 1. The zero-order valence-corrected chi connectivity index (χ0v) is 15.1. The van der Waals surface area contributed by atoms with E-state index in [2.05, 4.69) is 24.0 Å². The second kappa shape index (κ2) is 7.45. The molecular formula is C20H29NO3. The third-order valence-corrected chi connectivity index (χ3v) is 5.62. The average Bonchev–Trinajstić information content (AvgIpc) is 3.46. The lowest BCUT2D eigenvalue weighted by Crippen LogP contribution is -2.42. The van der Waals surface area contributed by atoms with E-state index in [-0.39, 0.29) is 5.92 Å². The van der Waals surface area contributed by atoms with Gasteiger partial charge < -0.3 is 14.4 Å². The zero-order chi connectivity index (χ0) is 17.1. The van der Waals surface area contributed by atoms with E-state index >= 15 is 0 Å². The molecule has 1 aromatic rings. The first-order valence-electron chi connectivity index (χ1n) is 9.12. The number of piperidine rings is 1. The summed E-state index contributed by atoms with van der Waals surface area (Å²) < 4.78 is 10.7. The third-order valence-electron chi connectivity index (χ3n) is 5.62. The number of hydrogen-bond acceptors (Lipinski definition) is 3. The van der Waals surface area contributed by atoms with Gasteiger partial charge in [-0.15, -0.1) is 0 Å². The first-order chi connectivity index (χ1) is 11.6. The number of carbonyl (C=O) groups excluding carboxylic acids is 1. The van der Waals surface area contributed by atoms with Crippen molar-refractivity contribution in [3.63, 3.8) is 0 Å². The molecule has 0 N–H and O–H groups in total. The van der Waals surface area contributed by atoms with Gasteiger partial charge in [0.15, 0.2) is 11.5 Å². The van der Waals surface area contributed by atoms with Crippen LogP contribution in [-0.4, -0.2) is 38.1 Å². The minimum absolute atomic E-state index is 0.229. The van der Waals surface area contributed by atoms with Gasteiger partial charge in [-0.25, -0.2) is 0 Å². The number of hydrogen-bond donors (Lipinski definition) is 0. The number of carbonyl (C=O) groups is 1. The van der Waals surface area contributed by atoms with Crippen molar-refractivity contribution in [3.05, 3.63) is 23.8 Å². The van der Waals surface area contributed by atoms with Crippen LogP contribution in [0.2, 0.25) is 0 Å². The SMILES string of the molecule is COc1ccc(CC2CCN(C(=O)C(C)C3CC3)CC2)cc1OC. The predicted molar refractivity (Wildman–Crippen MR) is 94.4 cm³/mol. The Labute approximate surface area is 145 Å². The lowest BCUT2D eigenvalue weighted by Gasteiger charge is -2.34. The second-order valence-electron chi connectivity index (χ2n) is 7.29. The fourth-order valence-corrected chi connectivity index (χ4v) is 3.78. The molecule has 4 heteroatoms. The largest absolute Gasteiger partial charge is 0.493 e. The normalized spacial score (nSPS) is 19.9. The number of benzene rings is 1. The molecule has 1 aromatic carbocycles. The van der Waals surface area contributed by atoms with Crippen molar-refractivity contribution in [2.45, 2.75) is 39.0 Å². The molecule has 1 aliphatic heterocycles. The number of rotatable bonds is 6. The van der Waals surface area contributed by atoms with Crippen molar-refractivity contribution in [2.24, 2.45) is 17.8 Å². The van der Waals surface area contributed by atoms with Gasteiger partial charge in [-0.3, -0.25) is 4.79 Å². The monoisotopic (exact) mass is 331 g/mol. The lowest BCUT2D eigenvalue weighted by atomic mass is 9.89. The van der Waals surface area contributed by atoms with Gasteiger partial charge in [0.1, 0.15) is 0 Å². The van der Waals surface area contributed by atoms with E-state index in [0.717, 1.165) is 43.9 Å².